The quantitative estimate of drug-likeness (QED) is 0.193. The monoisotopic (exact) mass is 460 g/mol. The molecule has 0 saturated heterocycles. The molecule has 3 unspecified atom stereocenters. The van der Waals surface area contributed by atoms with E-state index in [2.05, 4.69) is 20.9 Å². The van der Waals surface area contributed by atoms with Crippen LogP contribution < -0.4 is 27.4 Å². The maximum atomic E-state index is 12.9. The zero-order valence-corrected chi connectivity index (χ0v) is 18.6. The normalized spacial score (nSPS) is 13.7. The van der Waals surface area contributed by atoms with Gasteiger partial charge in [0.1, 0.15) is 12.1 Å². The number of aromatic nitrogens is 1. The number of nitrogens with one attached hydrogen (secondary N) is 4. The van der Waals surface area contributed by atoms with E-state index in [-0.39, 0.29) is 19.4 Å². The maximum absolute atomic E-state index is 12.9. The van der Waals surface area contributed by atoms with E-state index < -0.39 is 41.8 Å². The summed E-state index contributed by atoms with van der Waals surface area (Å²) in [7, 11) is 0. The van der Waals surface area contributed by atoms with E-state index in [1.165, 1.54) is 6.92 Å². The first-order chi connectivity index (χ1) is 15.7. The number of hydrogen-bond acceptors (Lipinski definition) is 6. The predicted octanol–water partition coefficient (Wildman–Crippen LogP) is -0.643. The Labute approximate surface area is 191 Å². The molecule has 11 heteroatoms. The summed E-state index contributed by atoms with van der Waals surface area (Å²) in [5, 5.41) is 18.0. The molecule has 0 bridgehead atoms. The molecule has 0 aliphatic rings. The van der Waals surface area contributed by atoms with Gasteiger partial charge in [-0.3, -0.25) is 14.4 Å². The number of carboxylic acids is 1. The molecular weight excluding hydrogens is 428 g/mol. The lowest BCUT2D eigenvalue weighted by Crippen LogP contribution is -2.54. The number of amides is 3. The highest BCUT2D eigenvalue weighted by Crippen LogP contribution is 2.19. The van der Waals surface area contributed by atoms with Gasteiger partial charge in [-0.1, -0.05) is 18.2 Å². The number of H-pyrrole nitrogens is 1. The summed E-state index contributed by atoms with van der Waals surface area (Å²) in [5.41, 5.74) is 12.6. The number of carbonyl (C=O) groups excluding carboxylic acids is 3. The van der Waals surface area contributed by atoms with Gasteiger partial charge in [-0.2, -0.15) is 0 Å². The molecular formula is C22H32N6O5. The average molecular weight is 461 g/mol. The molecule has 180 valence electrons. The van der Waals surface area contributed by atoms with Crippen molar-refractivity contribution in [3.05, 3.63) is 36.0 Å². The average Bonchev–Trinajstić information content (AvgIpc) is 3.19. The Morgan fingerprint density at radius 3 is 2.45 bits per heavy atom. The van der Waals surface area contributed by atoms with Crippen LogP contribution in [0.2, 0.25) is 0 Å². The molecule has 2 rings (SSSR count). The third kappa shape index (κ3) is 7.88. The standard InChI is InChI=1S/C22H32N6O5/c1-13(24)20(30)26-12-19(29)27-17(8-4-5-9-23)21(31)28-18(22(32)33)10-14-11-25-16-7-3-2-6-15(14)16/h2-3,6-7,11,13,17-18,25H,4-5,8-10,12,23-24H2,1H3,(H,26,30)(H,27,29)(H,28,31)(H,32,33). The first-order valence-corrected chi connectivity index (χ1v) is 10.8. The number of hydrogen-bond donors (Lipinski definition) is 7. The molecule has 2 aromatic rings. The molecule has 0 radical (unpaired) electrons. The number of rotatable bonds is 13. The number of carboxylic acid groups (broad SMARTS) is 1. The van der Waals surface area contributed by atoms with Gasteiger partial charge >= 0.3 is 5.97 Å². The summed E-state index contributed by atoms with van der Waals surface area (Å²) in [5.74, 6) is -2.89. The van der Waals surface area contributed by atoms with E-state index in [9.17, 15) is 24.3 Å². The molecule has 3 amide bonds. The molecule has 1 aromatic heterocycles. The van der Waals surface area contributed by atoms with Crippen molar-refractivity contribution in [2.45, 2.75) is 50.7 Å². The second kappa shape index (κ2) is 12.6. The van der Waals surface area contributed by atoms with Gasteiger partial charge < -0.3 is 37.5 Å². The molecule has 0 spiro atoms. The molecule has 0 saturated carbocycles. The minimum Gasteiger partial charge on any atom is -0.480 e. The van der Waals surface area contributed by atoms with E-state index in [0.717, 1.165) is 16.5 Å². The fourth-order valence-corrected chi connectivity index (χ4v) is 3.33. The van der Waals surface area contributed by atoms with Crippen molar-refractivity contribution in [1.29, 1.82) is 0 Å². The summed E-state index contributed by atoms with van der Waals surface area (Å²) in [6.45, 7) is 1.56. The van der Waals surface area contributed by atoms with Crippen LogP contribution in [-0.4, -0.2) is 65.0 Å². The molecule has 0 fully saturated rings. The van der Waals surface area contributed by atoms with Gasteiger partial charge in [0.2, 0.25) is 17.7 Å². The summed E-state index contributed by atoms with van der Waals surface area (Å²) in [4.78, 5) is 51.6. The van der Waals surface area contributed by atoms with Gasteiger partial charge in [0.25, 0.3) is 0 Å². The van der Waals surface area contributed by atoms with Gasteiger partial charge in [-0.05, 0) is 44.4 Å². The van der Waals surface area contributed by atoms with Crippen LogP contribution in [0.1, 0.15) is 31.7 Å². The van der Waals surface area contributed by atoms with Crippen LogP contribution in [0.4, 0.5) is 0 Å². The van der Waals surface area contributed by atoms with Crippen LogP contribution in [0.25, 0.3) is 10.9 Å². The van der Waals surface area contributed by atoms with Gasteiger partial charge in [0, 0.05) is 23.5 Å². The number of fused-ring (bicyclic) bond motifs is 1. The Kier molecular flexibility index (Phi) is 9.83. The van der Waals surface area contributed by atoms with Crippen molar-refractivity contribution in [2.24, 2.45) is 11.5 Å². The molecule has 11 nitrogen and oxygen atoms in total. The minimum absolute atomic E-state index is 0.0685. The molecule has 3 atom stereocenters. The molecule has 0 aliphatic heterocycles. The summed E-state index contributed by atoms with van der Waals surface area (Å²) >= 11 is 0. The highest BCUT2D eigenvalue weighted by molar-refractivity contribution is 5.93. The zero-order chi connectivity index (χ0) is 24.4. The summed E-state index contributed by atoms with van der Waals surface area (Å²) in [6.07, 6.45) is 3.25. The minimum atomic E-state index is -1.19. The van der Waals surface area contributed by atoms with Crippen molar-refractivity contribution in [2.75, 3.05) is 13.1 Å². The Morgan fingerprint density at radius 2 is 1.79 bits per heavy atom. The third-order valence-electron chi connectivity index (χ3n) is 5.15. The number of carbonyl (C=O) groups is 4. The smallest absolute Gasteiger partial charge is 0.326 e. The molecule has 33 heavy (non-hydrogen) atoms. The van der Waals surface area contributed by atoms with E-state index in [1.807, 2.05) is 24.3 Å². The van der Waals surface area contributed by atoms with Crippen molar-refractivity contribution in [3.8, 4) is 0 Å². The third-order valence-corrected chi connectivity index (χ3v) is 5.15. The van der Waals surface area contributed by atoms with Crippen molar-refractivity contribution in [1.82, 2.24) is 20.9 Å². The van der Waals surface area contributed by atoms with Crippen LogP contribution in [-0.2, 0) is 25.6 Å². The Balaban J connectivity index is 2.06. The Hall–Kier alpha value is -3.44. The number of para-hydroxylation sites is 1. The summed E-state index contributed by atoms with van der Waals surface area (Å²) < 4.78 is 0. The second-order valence-electron chi connectivity index (χ2n) is 7.87. The molecule has 1 heterocycles. The van der Waals surface area contributed by atoms with Crippen LogP contribution in [0, 0.1) is 0 Å². The lowest BCUT2D eigenvalue weighted by Gasteiger charge is -2.22. The first kappa shape index (κ1) is 25.8. The van der Waals surface area contributed by atoms with Crippen LogP contribution in [0.5, 0.6) is 0 Å². The molecule has 0 aliphatic carbocycles. The van der Waals surface area contributed by atoms with E-state index >= 15 is 0 Å². The van der Waals surface area contributed by atoms with Gasteiger partial charge in [0.15, 0.2) is 0 Å². The maximum Gasteiger partial charge on any atom is 0.326 e. The van der Waals surface area contributed by atoms with Gasteiger partial charge in [-0.15, -0.1) is 0 Å². The number of nitrogens with two attached hydrogens (primary N) is 2. The topological polar surface area (TPSA) is 192 Å². The fourth-order valence-electron chi connectivity index (χ4n) is 3.33. The lowest BCUT2D eigenvalue weighted by atomic mass is 10.0. The number of unbranched alkanes of at least 4 members (excludes halogenated alkanes) is 1. The number of benzene rings is 1. The summed E-state index contributed by atoms with van der Waals surface area (Å²) in [6, 6.07) is 4.52. The van der Waals surface area contributed by atoms with E-state index in [0.29, 0.717) is 19.4 Å². The molecule has 9 N–H and O–H groups in total. The van der Waals surface area contributed by atoms with Crippen LogP contribution in [0.3, 0.4) is 0 Å². The highest BCUT2D eigenvalue weighted by Gasteiger charge is 2.27. The highest BCUT2D eigenvalue weighted by atomic mass is 16.4. The fraction of sp³-hybridized carbons (Fsp3) is 0.455. The first-order valence-electron chi connectivity index (χ1n) is 10.8. The Bertz CT molecular complexity index is 973. The lowest BCUT2D eigenvalue weighted by molar-refractivity contribution is -0.142. The van der Waals surface area contributed by atoms with E-state index in [4.69, 9.17) is 11.5 Å². The molecule has 1 aromatic carbocycles. The Morgan fingerprint density at radius 1 is 1.06 bits per heavy atom. The van der Waals surface area contributed by atoms with Crippen LogP contribution >= 0.6 is 0 Å². The second-order valence-corrected chi connectivity index (χ2v) is 7.87. The SMILES string of the molecule is CC(N)C(=O)NCC(=O)NC(CCCCN)C(=O)NC(Cc1c[nH]c2ccccc12)C(=O)O. The number of aliphatic carboxylic acids is 1. The van der Waals surface area contributed by atoms with Gasteiger partial charge in [0.05, 0.1) is 12.6 Å². The number of aromatic amines is 1. The van der Waals surface area contributed by atoms with Crippen molar-refractivity contribution >= 4 is 34.6 Å². The largest absolute Gasteiger partial charge is 0.480 e. The zero-order valence-electron chi connectivity index (χ0n) is 18.6. The van der Waals surface area contributed by atoms with Crippen LogP contribution in [0.15, 0.2) is 30.5 Å². The van der Waals surface area contributed by atoms with Gasteiger partial charge in [-0.25, -0.2) is 4.79 Å². The van der Waals surface area contributed by atoms with Crippen molar-refractivity contribution in [3.63, 3.8) is 0 Å². The predicted molar refractivity (Wildman–Crippen MR) is 123 cm³/mol. The van der Waals surface area contributed by atoms with Crippen molar-refractivity contribution < 1.29 is 24.3 Å². The van der Waals surface area contributed by atoms with E-state index in [1.54, 1.807) is 6.20 Å².